The Balaban J connectivity index is 1.99. The Morgan fingerprint density at radius 2 is 1.95 bits per heavy atom. The van der Waals surface area contributed by atoms with Gasteiger partial charge in [-0.15, -0.1) is 5.10 Å². The van der Waals surface area contributed by atoms with Gasteiger partial charge in [-0.25, -0.2) is 0 Å². The maximum atomic E-state index is 5.47. The SMILES string of the molecule is Nc1nnc(-c2ccncc2Nc2ccc(Br)cc2Br)o1. The quantitative estimate of drug-likeness (QED) is 0.678. The van der Waals surface area contributed by atoms with Gasteiger partial charge >= 0.3 is 6.01 Å². The predicted molar refractivity (Wildman–Crippen MR) is 87.1 cm³/mol. The molecular formula is C13H9Br2N5O. The molecule has 1 aromatic carbocycles. The van der Waals surface area contributed by atoms with E-state index in [0.29, 0.717) is 5.89 Å². The maximum Gasteiger partial charge on any atom is 0.313 e. The van der Waals surface area contributed by atoms with Crippen molar-refractivity contribution in [2.24, 2.45) is 0 Å². The lowest BCUT2D eigenvalue weighted by Gasteiger charge is -2.11. The van der Waals surface area contributed by atoms with Gasteiger partial charge in [0.1, 0.15) is 0 Å². The molecule has 6 nitrogen and oxygen atoms in total. The van der Waals surface area contributed by atoms with Gasteiger partial charge in [0.15, 0.2) is 0 Å². The highest BCUT2D eigenvalue weighted by Crippen LogP contribution is 2.33. The molecule has 0 saturated carbocycles. The molecule has 3 aromatic rings. The van der Waals surface area contributed by atoms with Crippen molar-refractivity contribution in [3.63, 3.8) is 0 Å². The molecule has 2 aromatic heterocycles. The molecule has 0 amide bonds. The zero-order valence-corrected chi connectivity index (χ0v) is 13.7. The van der Waals surface area contributed by atoms with Crippen LogP contribution in [0.4, 0.5) is 17.4 Å². The van der Waals surface area contributed by atoms with Crippen molar-refractivity contribution in [1.82, 2.24) is 15.2 Å². The minimum Gasteiger partial charge on any atom is -0.403 e. The summed E-state index contributed by atoms with van der Waals surface area (Å²) in [6.07, 6.45) is 3.34. The number of pyridine rings is 1. The van der Waals surface area contributed by atoms with Crippen molar-refractivity contribution in [2.45, 2.75) is 0 Å². The van der Waals surface area contributed by atoms with E-state index in [1.165, 1.54) is 0 Å². The second-order valence-electron chi connectivity index (χ2n) is 4.12. The average Bonchev–Trinajstić information content (AvgIpc) is 2.89. The van der Waals surface area contributed by atoms with Gasteiger partial charge in [0, 0.05) is 15.1 Å². The van der Waals surface area contributed by atoms with Crippen LogP contribution in [0, 0.1) is 0 Å². The summed E-state index contributed by atoms with van der Waals surface area (Å²) in [7, 11) is 0. The number of nitrogens with zero attached hydrogens (tertiary/aromatic N) is 3. The van der Waals surface area contributed by atoms with Crippen LogP contribution in [0.5, 0.6) is 0 Å². The third-order valence-corrected chi connectivity index (χ3v) is 3.84. The van der Waals surface area contributed by atoms with Gasteiger partial charge in [0.05, 0.1) is 23.1 Å². The van der Waals surface area contributed by atoms with Crippen LogP contribution in [-0.4, -0.2) is 15.2 Å². The Kier molecular flexibility index (Phi) is 3.89. The summed E-state index contributed by atoms with van der Waals surface area (Å²) in [6, 6.07) is 7.63. The number of hydrogen-bond acceptors (Lipinski definition) is 6. The topological polar surface area (TPSA) is 89.9 Å². The molecule has 21 heavy (non-hydrogen) atoms. The van der Waals surface area contributed by atoms with Crippen LogP contribution >= 0.6 is 31.9 Å². The van der Waals surface area contributed by atoms with Crippen molar-refractivity contribution in [3.05, 3.63) is 45.6 Å². The molecule has 2 heterocycles. The number of nitrogen functional groups attached to an aromatic ring is 1. The number of nitrogens with one attached hydrogen (secondary N) is 1. The van der Waals surface area contributed by atoms with Gasteiger partial charge in [-0.1, -0.05) is 21.0 Å². The Labute approximate surface area is 137 Å². The molecule has 0 spiro atoms. The fourth-order valence-corrected chi connectivity index (χ4v) is 2.91. The van der Waals surface area contributed by atoms with Crippen LogP contribution in [0.1, 0.15) is 0 Å². The largest absolute Gasteiger partial charge is 0.403 e. The highest BCUT2D eigenvalue weighted by Gasteiger charge is 2.12. The van der Waals surface area contributed by atoms with Crippen molar-refractivity contribution in [2.75, 3.05) is 11.1 Å². The lowest BCUT2D eigenvalue weighted by molar-refractivity contribution is 0.590. The van der Waals surface area contributed by atoms with Crippen molar-refractivity contribution >= 4 is 49.2 Å². The van der Waals surface area contributed by atoms with Gasteiger partial charge < -0.3 is 15.5 Å². The van der Waals surface area contributed by atoms with Crippen LogP contribution in [-0.2, 0) is 0 Å². The van der Waals surface area contributed by atoms with Crippen LogP contribution in [0.15, 0.2) is 50.0 Å². The Morgan fingerprint density at radius 1 is 1.10 bits per heavy atom. The second kappa shape index (κ2) is 5.82. The molecule has 0 unspecified atom stereocenters. The number of anilines is 3. The van der Waals surface area contributed by atoms with E-state index in [0.717, 1.165) is 25.9 Å². The van der Waals surface area contributed by atoms with Gasteiger partial charge in [0.25, 0.3) is 5.89 Å². The summed E-state index contributed by atoms with van der Waals surface area (Å²) in [5.74, 6) is 0.339. The highest BCUT2D eigenvalue weighted by molar-refractivity contribution is 9.11. The van der Waals surface area contributed by atoms with Gasteiger partial charge in [0.2, 0.25) is 0 Å². The number of benzene rings is 1. The molecular weight excluding hydrogens is 402 g/mol. The lowest BCUT2D eigenvalue weighted by atomic mass is 10.2. The van der Waals surface area contributed by atoms with Crippen molar-refractivity contribution in [1.29, 1.82) is 0 Å². The Bertz CT molecular complexity index is 790. The Hall–Kier alpha value is -1.93. The van der Waals surface area contributed by atoms with Crippen molar-refractivity contribution in [3.8, 4) is 11.5 Å². The molecule has 3 N–H and O–H groups in total. The molecule has 0 aliphatic heterocycles. The standard InChI is InChI=1S/C13H9Br2N5O/c14-7-1-2-10(9(15)5-7)18-11-6-17-4-3-8(11)12-19-20-13(16)21-12/h1-6,18H,(H2,16,20). The molecule has 0 radical (unpaired) electrons. The molecule has 0 aliphatic carbocycles. The van der Waals surface area contributed by atoms with Crippen molar-refractivity contribution < 1.29 is 4.42 Å². The van der Waals surface area contributed by atoms with E-state index >= 15 is 0 Å². The molecule has 106 valence electrons. The number of nitrogens with two attached hydrogens (primary N) is 1. The number of halogens is 2. The van der Waals surface area contributed by atoms with Crippen LogP contribution in [0.25, 0.3) is 11.5 Å². The van der Waals surface area contributed by atoms with Crippen LogP contribution in [0.2, 0.25) is 0 Å². The lowest BCUT2D eigenvalue weighted by Crippen LogP contribution is -1.95. The molecule has 0 fully saturated rings. The summed E-state index contributed by atoms with van der Waals surface area (Å²) >= 11 is 6.92. The molecule has 0 aliphatic rings. The average molecular weight is 411 g/mol. The minimum absolute atomic E-state index is 0.0255. The van der Waals surface area contributed by atoms with Gasteiger partial charge in [-0.3, -0.25) is 4.98 Å². The monoisotopic (exact) mass is 409 g/mol. The van der Waals surface area contributed by atoms with E-state index < -0.39 is 0 Å². The first kappa shape index (κ1) is 14.0. The fourth-order valence-electron chi connectivity index (χ4n) is 1.76. The van der Waals surface area contributed by atoms with E-state index in [4.69, 9.17) is 10.2 Å². The first-order valence-corrected chi connectivity index (χ1v) is 7.47. The second-order valence-corrected chi connectivity index (χ2v) is 5.89. The first-order valence-electron chi connectivity index (χ1n) is 5.89. The predicted octanol–water partition coefficient (Wildman–Crippen LogP) is 3.98. The zero-order chi connectivity index (χ0) is 14.8. The number of hydrogen-bond donors (Lipinski definition) is 2. The maximum absolute atomic E-state index is 5.47. The molecule has 0 saturated heterocycles. The number of aromatic nitrogens is 3. The summed E-state index contributed by atoms with van der Waals surface area (Å²) in [5.41, 5.74) is 7.83. The molecule has 0 atom stereocenters. The van der Waals surface area contributed by atoms with Crippen LogP contribution < -0.4 is 11.1 Å². The molecule has 8 heteroatoms. The summed E-state index contributed by atoms with van der Waals surface area (Å²) in [5, 5.41) is 10.8. The zero-order valence-electron chi connectivity index (χ0n) is 10.5. The van der Waals surface area contributed by atoms with Crippen LogP contribution in [0.3, 0.4) is 0 Å². The molecule has 0 bridgehead atoms. The summed E-state index contributed by atoms with van der Waals surface area (Å²) < 4.78 is 7.16. The fraction of sp³-hybridized carbons (Fsp3) is 0. The van der Waals surface area contributed by atoms with Gasteiger partial charge in [-0.05, 0) is 40.2 Å². The first-order chi connectivity index (χ1) is 10.1. The number of rotatable bonds is 3. The minimum atomic E-state index is 0.0255. The third-order valence-electron chi connectivity index (χ3n) is 2.69. The summed E-state index contributed by atoms with van der Waals surface area (Å²) in [4.78, 5) is 4.11. The summed E-state index contributed by atoms with van der Waals surface area (Å²) in [6.45, 7) is 0. The van der Waals surface area contributed by atoms with E-state index in [2.05, 4.69) is 52.4 Å². The van der Waals surface area contributed by atoms with E-state index in [1.807, 2.05) is 18.2 Å². The van der Waals surface area contributed by atoms with Gasteiger partial charge in [-0.2, -0.15) is 0 Å². The normalized spacial score (nSPS) is 10.6. The molecule has 3 rings (SSSR count). The Morgan fingerprint density at radius 3 is 2.67 bits per heavy atom. The van der Waals surface area contributed by atoms with E-state index in [9.17, 15) is 0 Å². The van der Waals surface area contributed by atoms with E-state index in [-0.39, 0.29) is 6.01 Å². The van der Waals surface area contributed by atoms with E-state index in [1.54, 1.807) is 18.5 Å². The highest BCUT2D eigenvalue weighted by atomic mass is 79.9. The third kappa shape index (κ3) is 3.06. The smallest absolute Gasteiger partial charge is 0.313 e.